The second kappa shape index (κ2) is 5.98. The number of rotatable bonds is 2. The first-order chi connectivity index (χ1) is 8.68. The van der Waals surface area contributed by atoms with E-state index in [-0.39, 0.29) is 11.7 Å². The number of hydrogen-bond acceptors (Lipinski definition) is 1. The number of carbonyl (C=O) groups is 1. The molecule has 98 valence electrons. The number of benzene rings is 1. The van der Waals surface area contributed by atoms with Crippen molar-refractivity contribution in [3.05, 3.63) is 35.6 Å². The number of nitrogens with zero attached hydrogens (tertiary/aromatic N) is 1. The molecule has 0 saturated heterocycles. The molecule has 2 nitrogen and oxygen atoms in total. The van der Waals surface area contributed by atoms with Gasteiger partial charge in [-0.1, -0.05) is 25.7 Å². The van der Waals surface area contributed by atoms with Crippen LogP contribution in [-0.2, 0) is 0 Å². The third kappa shape index (κ3) is 3.09. The van der Waals surface area contributed by atoms with Crippen LogP contribution in [-0.4, -0.2) is 23.9 Å². The highest BCUT2D eigenvalue weighted by Gasteiger charge is 2.21. The molecule has 1 fully saturated rings. The molecule has 0 unspecified atom stereocenters. The van der Waals surface area contributed by atoms with Gasteiger partial charge in [0.25, 0.3) is 5.91 Å². The Morgan fingerprint density at radius 1 is 1.11 bits per heavy atom. The van der Waals surface area contributed by atoms with Crippen molar-refractivity contribution < 1.29 is 9.18 Å². The standard InChI is InChI=1S/C15H20FNO/c1-17(14-6-4-2-3-5-7-14)15(18)12-8-10-13(16)11-9-12/h8-11,14H,2-7H2,1H3. The maximum Gasteiger partial charge on any atom is 0.253 e. The Hall–Kier alpha value is -1.38. The number of carbonyl (C=O) groups excluding carboxylic acids is 1. The maximum atomic E-state index is 12.8. The molecule has 0 radical (unpaired) electrons. The molecular formula is C15H20FNO. The van der Waals surface area contributed by atoms with E-state index in [4.69, 9.17) is 0 Å². The van der Waals surface area contributed by atoms with Crippen molar-refractivity contribution in [1.29, 1.82) is 0 Å². The molecule has 0 N–H and O–H groups in total. The van der Waals surface area contributed by atoms with Crippen LogP contribution in [0.3, 0.4) is 0 Å². The quantitative estimate of drug-likeness (QED) is 0.733. The molecule has 1 saturated carbocycles. The Bertz CT molecular complexity index is 393. The Kier molecular flexibility index (Phi) is 4.34. The van der Waals surface area contributed by atoms with E-state index < -0.39 is 0 Å². The highest BCUT2D eigenvalue weighted by molar-refractivity contribution is 5.94. The van der Waals surface area contributed by atoms with E-state index in [9.17, 15) is 9.18 Å². The molecule has 18 heavy (non-hydrogen) atoms. The Morgan fingerprint density at radius 2 is 1.67 bits per heavy atom. The van der Waals surface area contributed by atoms with E-state index in [1.54, 1.807) is 12.1 Å². The average molecular weight is 249 g/mol. The molecular weight excluding hydrogens is 229 g/mol. The van der Waals surface area contributed by atoms with Gasteiger partial charge in [0, 0.05) is 18.7 Å². The summed E-state index contributed by atoms with van der Waals surface area (Å²) < 4.78 is 12.8. The SMILES string of the molecule is CN(C(=O)c1ccc(F)cc1)C1CCCCCC1. The molecule has 2 rings (SSSR count). The fourth-order valence-corrected chi connectivity index (χ4v) is 2.61. The summed E-state index contributed by atoms with van der Waals surface area (Å²) in [5.74, 6) is -0.300. The van der Waals surface area contributed by atoms with Crippen molar-refractivity contribution in [2.24, 2.45) is 0 Å². The zero-order valence-corrected chi connectivity index (χ0v) is 10.9. The van der Waals surface area contributed by atoms with Gasteiger partial charge in [0.1, 0.15) is 5.82 Å². The van der Waals surface area contributed by atoms with E-state index in [2.05, 4.69) is 0 Å². The number of halogens is 1. The molecule has 1 aromatic rings. The van der Waals surface area contributed by atoms with Gasteiger partial charge in [-0.3, -0.25) is 4.79 Å². The molecule has 0 atom stereocenters. The van der Waals surface area contributed by atoms with Crippen LogP contribution < -0.4 is 0 Å². The van der Waals surface area contributed by atoms with Crippen molar-refractivity contribution >= 4 is 5.91 Å². The Labute approximate surface area is 108 Å². The minimum Gasteiger partial charge on any atom is -0.339 e. The molecule has 0 aromatic heterocycles. The first-order valence-corrected chi connectivity index (χ1v) is 6.71. The van der Waals surface area contributed by atoms with Crippen LogP contribution in [0.25, 0.3) is 0 Å². The highest BCUT2D eigenvalue weighted by atomic mass is 19.1. The maximum absolute atomic E-state index is 12.8. The zero-order chi connectivity index (χ0) is 13.0. The molecule has 0 spiro atoms. The third-order valence-corrected chi connectivity index (χ3v) is 3.78. The summed E-state index contributed by atoms with van der Waals surface area (Å²) in [6, 6.07) is 6.14. The minimum absolute atomic E-state index is 0.00176. The lowest BCUT2D eigenvalue weighted by atomic mass is 10.1. The molecule has 3 heteroatoms. The van der Waals surface area contributed by atoms with Gasteiger partial charge < -0.3 is 4.90 Å². The summed E-state index contributed by atoms with van der Waals surface area (Å²) in [5, 5.41) is 0. The fourth-order valence-electron chi connectivity index (χ4n) is 2.61. The summed E-state index contributed by atoms with van der Waals surface area (Å²) in [4.78, 5) is 14.1. The zero-order valence-electron chi connectivity index (χ0n) is 10.9. The van der Waals surface area contributed by atoms with Crippen LogP contribution in [0.5, 0.6) is 0 Å². The second-order valence-electron chi connectivity index (χ2n) is 5.07. The van der Waals surface area contributed by atoms with E-state index in [1.807, 2.05) is 11.9 Å². The van der Waals surface area contributed by atoms with E-state index in [1.165, 1.54) is 37.8 Å². The highest BCUT2D eigenvalue weighted by Crippen LogP contribution is 2.22. The molecule has 1 amide bonds. The van der Waals surface area contributed by atoms with Crippen LogP contribution in [0.15, 0.2) is 24.3 Å². The first kappa shape index (κ1) is 13.1. The van der Waals surface area contributed by atoms with Gasteiger partial charge in [-0.25, -0.2) is 4.39 Å². The fraction of sp³-hybridized carbons (Fsp3) is 0.533. The van der Waals surface area contributed by atoms with Gasteiger partial charge in [0.2, 0.25) is 0 Å². The van der Waals surface area contributed by atoms with Gasteiger partial charge in [-0.15, -0.1) is 0 Å². The number of hydrogen-bond donors (Lipinski definition) is 0. The lowest BCUT2D eigenvalue weighted by Crippen LogP contribution is -2.36. The molecule has 1 aromatic carbocycles. The van der Waals surface area contributed by atoms with Crippen LogP contribution >= 0.6 is 0 Å². The molecule has 1 aliphatic rings. The monoisotopic (exact) mass is 249 g/mol. The lowest BCUT2D eigenvalue weighted by Gasteiger charge is -2.27. The van der Waals surface area contributed by atoms with E-state index in [0.29, 0.717) is 11.6 Å². The summed E-state index contributed by atoms with van der Waals surface area (Å²) >= 11 is 0. The predicted octanol–water partition coefficient (Wildman–Crippen LogP) is 3.62. The van der Waals surface area contributed by atoms with Gasteiger partial charge >= 0.3 is 0 Å². The molecule has 0 bridgehead atoms. The van der Waals surface area contributed by atoms with Crippen LogP contribution in [0.4, 0.5) is 4.39 Å². The molecule has 1 aliphatic carbocycles. The lowest BCUT2D eigenvalue weighted by molar-refractivity contribution is 0.0717. The smallest absolute Gasteiger partial charge is 0.253 e. The van der Waals surface area contributed by atoms with Crippen molar-refractivity contribution in [3.8, 4) is 0 Å². The van der Waals surface area contributed by atoms with Gasteiger partial charge in [-0.2, -0.15) is 0 Å². The molecule has 0 aliphatic heterocycles. The first-order valence-electron chi connectivity index (χ1n) is 6.71. The number of amides is 1. The normalized spacial score (nSPS) is 17.2. The topological polar surface area (TPSA) is 20.3 Å². The summed E-state index contributed by atoms with van der Waals surface area (Å²) in [5.41, 5.74) is 0.572. The summed E-state index contributed by atoms with van der Waals surface area (Å²) in [7, 11) is 1.86. The minimum atomic E-state index is -0.302. The van der Waals surface area contributed by atoms with Crippen LogP contribution in [0, 0.1) is 5.82 Å². The third-order valence-electron chi connectivity index (χ3n) is 3.78. The van der Waals surface area contributed by atoms with Gasteiger partial charge in [0.15, 0.2) is 0 Å². The summed E-state index contributed by atoms with van der Waals surface area (Å²) in [6.07, 6.45) is 7.12. The van der Waals surface area contributed by atoms with Crippen molar-refractivity contribution in [2.45, 2.75) is 44.6 Å². The summed E-state index contributed by atoms with van der Waals surface area (Å²) in [6.45, 7) is 0. The van der Waals surface area contributed by atoms with Crippen LogP contribution in [0.2, 0.25) is 0 Å². The van der Waals surface area contributed by atoms with Crippen LogP contribution in [0.1, 0.15) is 48.9 Å². The van der Waals surface area contributed by atoms with Gasteiger partial charge in [0.05, 0.1) is 0 Å². The second-order valence-corrected chi connectivity index (χ2v) is 5.07. The average Bonchev–Trinajstić information content (AvgIpc) is 2.67. The molecule has 0 heterocycles. The van der Waals surface area contributed by atoms with Gasteiger partial charge in [-0.05, 0) is 37.1 Å². The predicted molar refractivity (Wildman–Crippen MR) is 70.0 cm³/mol. The van der Waals surface area contributed by atoms with Crippen molar-refractivity contribution in [2.75, 3.05) is 7.05 Å². The Balaban J connectivity index is 2.05. The largest absolute Gasteiger partial charge is 0.339 e. The Morgan fingerprint density at radius 3 is 2.22 bits per heavy atom. The van der Waals surface area contributed by atoms with E-state index >= 15 is 0 Å². The van der Waals surface area contributed by atoms with E-state index in [0.717, 1.165) is 12.8 Å². The van der Waals surface area contributed by atoms with Crippen molar-refractivity contribution in [3.63, 3.8) is 0 Å². The van der Waals surface area contributed by atoms with Crippen molar-refractivity contribution in [1.82, 2.24) is 4.90 Å².